The van der Waals surface area contributed by atoms with Gasteiger partial charge >= 0.3 is 0 Å². The number of nitrogens with zero attached hydrogens (tertiary/aromatic N) is 2. The van der Waals surface area contributed by atoms with E-state index in [0.717, 1.165) is 5.56 Å². The second-order valence-electron chi connectivity index (χ2n) is 8.47. The van der Waals surface area contributed by atoms with Gasteiger partial charge < -0.3 is 19.8 Å². The van der Waals surface area contributed by atoms with E-state index in [9.17, 15) is 14.7 Å². The summed E-state index contributed by atoms with van der Waals surface area (Å²) in [6.45, 7) is 1.93. The minimum atomic E-state index is -1.80. The van der Waals surface area contributed by atoms with E-state index in [-0.39, 0.29) is 24.5 Å². The number of aliphatic hydroxyl groups is 2. The molecule has 2 atom stereocenters. The van der Waals surface area contributed by atoms with Crippen LogP contribution in [0.4, 0.5) is 5.69 Å². The fourth-order valence-electron chi connectivity index (χ4n) is 4.41. The van der Waals surface area contributed by atoms with Crippen LogP contribution in [-0.2, 0) is 16.9 Å². The predicted molar refractivity (Wildman–Crippen MR) is 135 cm³/mol. The van der Waals surface area contributed by atoms with Crippen LogP contribution in [0.2, 0.25) is 5.02 Å². The number of carbonyl (C=O) groups excluding carboxylic acids is 1. The summed E-state index contributed by atoms with van der Waals surface area (Å²) in [6, 6.07) is 15.7. The van der Waals surface area contributed by atoms with Crippen LogP contribution in [0.5, 0.6) is 5.75 Å². The van der Waals surface area contributed by atoms with E-state index in [1.165, 1.54) is 16.6 Å². The molecule has 4 rings (SSSR count). The van der Waals surface area contributed by atoms with Crippen molar-refractivity contribution in [2.24, 2.45) is 5.92 Å². The summed E-state index contributed by atoms with van der Waals surface area (Å²) >= 11 is 6.23. The molecule has 0 spiro atoms. The highest BCUT2D eigenvalue weighted by molar-refractivity contribution is 6.31. The van der Waals surface area contributed by atoms with Crippen LogP contribution in [0, 0.1) is 5.92 Å². The van der Waals surface area contributed by atoms with Gasteiger partial charge in [0.05, 0.1) is 19.3 Å². The van der Waals surface area contributed by atoms with E-state index in [0.29, 0.717) is 28.4 Å². The van der Waals surface area contributed by atoms with Gasteiger partial charge in [0, 0.05) is 35.0 Å². The molecule has 0 bridgehead atoms. The van der Waals surface area contributed by atoms with Gasteiger partial charge in [-0.2, -0.15) is 0 Å². The first-order valence-corrected chi connectivity index (χ1v) is 11.7. The largest absolute Gasteiger partial charge is 0.491 e. The highest BCUT2D eigenvalue weighted by Crippen LogP contribution is 2.46. The minimum absolute atomic E-state index is 0.0170. The number of benzene rings is 2. The van der Waals surface area contributed by atoms with Crippen molar-refractivity contribution in [3.8, 4) is 11.4 Å². The molecule has 2 aromatic carbocycles. The molecule has 35 heavy (non-hydrogen) atoms. The van der Waals surface area contributed by atoms with Gasteiger partial charge in [0.2, 0.25) is 0 Å². The van der Waals surface area contributed by atoms with Crippen molar-refractivity contribution in [1.29, 1.82) is 0 Å². The molecule has 0 fully saturated rings. The molecule has 2 heterocycles. The first-order valence-electron chi connectivity index (χ1n) is 11.3. The first kappa shape index (κ1) is 24.7. The predicted octanol–water partition coefficient (Wildman–Crippen LogP) is 3.81. The molecule has 0 unspecified atom stereocenters. The summed E-state index contributed by atoms with van der Waals surface area (Å²) < 4.78 is 6.62. The summed E-state index contributed by atoms with van der Waals surface area (Å²) in [7, 11) is 1.45. The van der Waals surface area contributed by atoms with Gasteiger partial charge in [-0.3, -0.25) is 14.2 Å². The number of pyridine rings is 1. The van der Waals surface area contributed by atoms with Crippen molar-refractivity contribution in [3.05, 3.63) is 99.4 Å². The lowest BCUT2D eigenvalue weighted by Gasteiger charge is -2.27. The molecule has 0 aliphatic carbocycles. The highest BCUT2D eigenvalue weighted by atomic mass is 35.5. The van der Waals surface area contributed by atoms with Gasteiger partial charge in [0.1, 0.15) is 0 Å². The van der Waals surface area contributed by atoms with E-state index in [1.54, 1.807) is 61.7 Å². The lowest BCUT2D eigenvalue weighted by Crippen LogP contribution is -2.44. The second kappa shape index (κ2) is 10.1. The molecule has 0 saturated heterocycles. The van der Waals surface area contributed by atoms with Crippen LogP contribution in [0.3, 0.4) is 0 Å². The van der Waals surface area contributed by atoms with Gasteiger partial charge in [-0.15, -0.1) is 0 Å². The number of hydrogen-bond acceptors (Lipinski definition) is 5. The number of hydrogen-bond donors (Lipinski definition) is 2. The number of amides is 1. The fraction of sp³-hybridized carbons (Fsp3) is 0.259. The zero-order valence-corrected chi connectivity index (χ0v) is 20.3. The van der Waals surface area contributed by atoms with Gasteiger partial charge in [-0.1, -0.05) is 42.8 Å². The Morgan fingerprint density at radius 1 is 1.14 bits per heavy atom. The maximum atomic E-state index is 13.6. The monoisotopic (exact) mass is 494 g/mol. The van der Waals surface area contributed by atoms with Crippen LogP contribution < -0.4 is 15.2 Å². The molecular formula is C27H27ClN2O5. The number of aliphatic hydroxyl groups excluding tert-OH is 1. The zero-order chi connectivity index (χ0) is 25.2. The van der Waals surface area contributed by atoms with Crippen molar-refractivity contribution in [3.63, 3.8) is 0 Å². The Morgan fingerprint density at radius 3 is 2.69 bits per heavy atom. The molecule has 8 heteroatoms. The van der Waals surface area contributed by atoms with Crippen molar-refractivity contribution in [2.45, 2.75) is 25.5 Å². The van der Waals surface area contributed by atoms with Crippen molar-refractivity contribution in [1.82, 2.24) is 4.57 Å². The number of anilines is 1. The molecule has 1 aliphatic rings. The average Bonchev–Trinajstić information content (AvgIpc) is 3.06. The van der Waals surface area contributed by atoms with E-state index < -0.39 is 17.4 Å². The summed E-state index contributed by atoms with van der Waals surface area (Å²) in [6.07, 6.45) is 5.56. The minimum Gasteiger partial charge on any atom is -0.491 e. The Balaban J connectivity index is 1.71. The molecule has 2 N–H and O–H groups in total. The number of halogens is 1. The maximum absolute atomic E-state index is 13.6. The van der Waals surface area contributed by atoms with Crippen LogP contribution in [-0.4, -0.2) is 34.4 Å². The number of carbonyl (C=O) groups is 1. The maximum Gasteiger partial charge on any atom is 0.297 e. The SMILES string of the molecule is COc1cccn(-c2cccc(CN3C(=O)[C@](O)([C@H](C)/C=C/CCO)c4cc(Cl)ccc43)c2)c1=O. The summed E-state index contributed by atoms with van der Waals surface area (Å²) in [5.41, 5.74) is 0.337. The smallest absolute Gasteiger partial charge is 0.297 e. The molecule has 1 amide bonds. The van der Waals surface area contributed by atoms with Crippen LogP contribution >= 0.6 is 11.6 Å². The van der Waals surface area contributed by atoms with Gasteiger partial charge in [-0.25, -0.2) is 0 Å². The lowest BCUT2D eigenvalue weighted by molar-refractivity contribution is -0.139. The summed E-state index contributed by atoms with van der Waals surface area (Å²) in [4.78, 5) is 27.9. The first-order chi connectivity index (χ1) is 16.8. The Labute approximate surface area is 208 Å². The van der Waals surface area contributed by atoms with E-state index in [4.69, 9.17) is 21.4 Å². The summed E-state index contributed by atoms with van der Waals surface area (Å²) in [5, 5.41) is 21.2. The average molecular weight is 495 g/mol. The van der Waals surface area contributed by atoms with E-state index >= 15 is 0 Å². The molecule has 182 valence electrons. The summed E-state index contributed by atoms with van der Waals surface area (Å²) in [5.74, 6) is -0.780. The number of aromatic nitrogens is 1. The fourth-order valence-corrected chi connectivity index (χ4v) is 4.58. The zero-order valence-electron chi connectivity index (χ0n) is 19.5. The van der Waals surface area contributed by atoms with Gasteiger partial charge in [0.15, 0.2) is 11.4 Å². The molecule has 1 aromatic heterocycles. The number of methoxy groups -OCH3 is 1. The topological polar surface area (TPSA) is 92.0 Å². The van der Waals surface area contributed by atoms with Crippen molar-refractivity contribution in [2.75, 3.05) is 18.6 Å². The second-order valence-corrected chi connectivity index (χ2v) is 8.91. The number of rotatable bonds is 8. The third kappa shape index (κ3) is 4.50. The quantitative estimate of drug-likeness (QED) is 0.465. The van der Waals surface area contributed by atoms with Crippen molar-refractivity contribution >= 4 is 23.2 Å². The molecule has 0 saturated carbocycles. The Hall–Kier alpha value is -3.39. The Kier molecular flexibility index (Phi) is 7.12. The van der Waals surface area contributed by atoms with Crippen molar-refractivity contribution < 1.29 is 19.7 Å². The molecular weight excluding hydrogens is 468 g/mol. The van der Waals surface area contributed by atoms with Crippen LogP contribution in [0.25, 0.3) is 5.69 Å². The third-order valence-electron chi connectivity index (χ3n) is 6.27. The molecule has 3 aromatic rings. The van der Waals surface area contributed by atoms with Crippen LogP contribution in [0.1, 0.15) is 24.5 Å². The van der Waals surface area contributed by atoms with Crippen LogP contribution in [0.15, 0.2) is 77.7 Å². The normalized spacial score (nSPS) is 18.2. The third-order valence-corrected chi connectivity index (χ3v) is 6.51. The van der Waals surface area contributed by atoms with E-state index in [1.807, 2.05) is 18.2 Å². The Morgan fingerprint density at radius 2 is 1.94 bits per heavy atom. The van der Waals surface area contributed by atoms with Gasteiger partial charge in [-0.05, 0) is 54.4 Å². The molecule has 7 nitrogen and oxygen atoms in total. The number of ether oxygens (including phenoxy) is 1. The van der Waals surface area contributed by atoms with Gasteiger partial charge in [0.25, 0.3) is 11.5 Å². The Bertz CT molecular complexity index is 1340. The lowest BCUT2D eigenvalue weighted by atomic mass is 9.83. The molecule has 0 radical (unpaired) electrons. The highest BCUT2D eigenvalue weighted by Gasteiger charge is 2.52. The standard InChI is InChI=1S/C27H27ClN2O5/c1-18(7-3-4-14-31)27(34)22-16-20(28)11-12-23(22)30(26(27)33)17-19-8-5-9-21(15-19)29-13-6-10-24(35-2)25(29)32/h3,5-13,15-16,18,31,34H,4,14,17H2,1-2H3/b7-3+/t18-,27+/m1/s1. The van der Waals surface area contributed by atoms with E-state index in [2.05, 4.69) is 0 Å². The molecule has 1 aliphatic heterocycles. The number of fused-ring (bicyclic) bond motifs is 1.